The number of alkyl halides is 3. The van der Waals surface area contributed by atoms with E-state index < -0.39 is 64.0 Å². The van der Waals surface area contributed by atoms with Crippen molar-refractivity contribution in [1.82, 2.24) is 0 Å². The molecule has 7 nitrogen and oxygen atoms in total. The Morgan fingerprint density at radius 1 is 1.16 bits per heavy atom. The molecule has 0 aromatic heterocycles. The van der Waals surface area contributed by atoms with E-state index in [-0.39, 0.29) is 19.6 Å². The summed E-state index contributed by atoms with van der Waals surface area (Å²) in [7, 11) is 0. The van der Waals surface area contributed by atoms with Gasteiger partial charge in [-0.3, -0.25) is 14.4 Å². The molecule has 5 atom stereocenters. The van der Waals surface area contributed by atoms with Crippen LogP contribution >= 0.6 is 0 Å². The average Bonchev–Trinajstić information content (AvgIpc) is 3.25. The van der Waals surface area contributed by atoms with Crippen LogP contribution in [0.2, 0.25) is 0 Å². The van der Waals surface area contributed by atoms with E-state index >= 15 is 0 Å². The highest BCUT2D eigenvalue weighted by atomic mass is 19.4. The molecule has 2 saturated carbocycles. The summed E-state index contributed by atoms with van der Waals surface area (Å²) in [6.45, 7) is 5.00. The van der Waals surface area contributed by atoms with Crippen molar-refractivity contribution in [2.45, 2.75) is 38.9 Å². The number of hydrogen-bond donors (Lipinski definition) is 2. The SMILES string of the molecule is CCOC(=O)[C@@H]1[C@@H]2[C@@H](C(=O)Nc3ccccc3C(F)(F)F)C[C@](N)(C(=O)OCC)[C@@]21C. The van der Waals surface area contributed by atoms with Gasteiger partial charge in [0, 0.05) is 11.3 Å². The molecule has 0 bridgehead atoms. The predicted octanol–water partition coefficient (Wildman–Crippen LogP) is 2.74. The lowest BCUT2D eigenvalue weighted by atomic mass is 9.80. The molecule has 2 fully saturated rings. The highest BCUT2D eigenvalue weighted by Gasteiger charge is 2.83. The van der Waals surface area contributed by atoms with Crippen LogP contribution in [0.4, 0.5) is 18.9 Å². The molecule has 0 heterocycles. The van der Waals surface area contributed by atoms with Crippen LogP contribution in [0, 0.1) is 23.2 Å². The molecular formula is C21H25F3N2O5. The summed E-state index contributed by atoms with van der Waals surface area (Å²) in [6, 6.07) is 4.59. The van der Waals surface area contributed by atoms with E-state index in [0.717, 1.165) is 12.1 Å². The van der Waals surface area contributed by atoms with Gasteiger partial charge in [-0.25, -0.2) is 0 Å². The Bertz CT molecular complexity index is 905. The Morgan fingerprint density at radius 2 is 1.77 bits per heavy atom. The third kappa shape index (κ3) is 3.56. The van der Waals surface area contributed by atoms with E-state index in [2.05, 4.69) is 5.32 Å². The number of nitrogens with one attached hydrogen (secondary N) is 1. The predicted molar refractivity (Wildman–Crippen MR) is 103 cm³/mol. The fraction of sp³-hybridized carbons (Fsp3) is 0.571. The first-order valence-corrected chi connectivity index (χ1v) is 10.0. The van der Waals surface area contributed by atoms with Crippen LogP contribution in [0.25, 0.3) is 0 Å². The number of amides is 1. The summed E-state index contributed by atoms with van der Waals surface area (Å²) < 4.78 is 50.1. The van der Waals surface area contributed by atoms with Crippen LogP contribution in [0.15, 0.2) is 24.3 Å². The van der Waals surface area contributed by atoms with Crippen LogP contribution in [-0.4, -0.2) is 36.6 Å². The fourth-order valence-electron chi connectivity index (χ4n) is 4.97. The topological polar surface area (TPSA) is 108 Å². The van der Waals surface area contributed by atoms with Crippen molar-refractivity contribution in [3.05, 3.63) is 29.8 Å². The summed E-state index contributed by atoms with van der Waals surface area (Å²) >= 11 is 0. The fourth-order valence-corrected chi connectivity index (χ4v) is 4.97. The minimum absolute atomic E-state index is 0.0540. The largest absolute Gasteiger partial charge is 0.466 e. The maximum atomic E-state index is 13.3. The Hall–Kier alpha value is -2.62. The Kier molecular flexibility index (Phi) is 5.81. The monoisotopic (exact) mass is 442 g/mol. The first kappa shape index (κ1) is 23.1. The first-order chi connectivity index (χ1) is 14.4. The van der Waals surface area contributed by atoms with Gasteiger partial charge in [0.25, 0.3) is 0 Å². The summed E-state index contributed by atoms with van der Waals surface area (Å²) in [4.78, 5) is 38.2. The average molecular weight is 442 g/mol. The maximum Gasteiger partial charge on any atom is 0.418 e. The smallest absolute Gasteiger partial charge is 0.418 e. The van der Waals surface area contributed by atoms with Crippen molar-refractivity contribution in [2.24, 2.45) is 28.9 Å². The number of carbonyl (C=O) groups is 3. The molecule has 10 heteroatoms. The molecule has 31 heavy (non-hydrogen) atoms. The molecule has 0 spiro atoms. The van der Waals surface area contributed by atoms with E-state index in [4.69, 9.17) is 15.2 Å². The summed E-state index contributed by atoms with van der Waals surface area (Å²) in [5.41, 5.74) is 2.27. The lowest BCUT2D eigenvalue weighted by molar-refractivity contribution is -0.154. The Labute approximate surface area is 177 Å². The molecule has 1 aromatic carbocycles. The molecule has 0 saturated heterocycles. The number of fused-ring (bicyclic) bond motifs is 1. The van der Waals surface area contributed by atoms with Crippen LogP contribution in [0.5, 0.6) is 0 Å². The van der Waals surface area contributed by atoms with Crippen LogP contribution in [0.3, 0.4) is 0 Å². The second-order valence-corrected chi connectivity index (χ2v) is 8.07. The van der Waals surface area contributed by atoms with Gasteiger partial charge in [0.05, 0.1) is 30.4 Å². The molecule has 1 amide bonds. The zero-order chi connectivity index (χ0) is 23.2. The molecular weight excluding hydrogens is 417 g/mol. The minimum Gasteiger partial charge on any atom is -0.466 e. The zero-order valence-corrected chi connectivity index (χ0v) is 17.4. The Balaban J connectivity index is 1.92. The summed E-state index contributed by atoms with van der Waals surface area (Å²) in [5.74, 6) is -4.53. The number of anilines is 1. The zero-order valence-electron chi connectivity index (χ0n) is 17.4. The normalized spacial score (nSPS) is 31.5. The number of benzene rings is 1. The number of halogens is 3. The molecule has 0 unspecified atom stereocenters. The van der Waals surface area contributed by atoms with Gasteiger partial charge >= 0.3 is 18.1 Å². The van der Waals surface area contributed by atoms with E-state index in [1.165, 1.54) is 12.1 Å². The second kappa shape index (κ2) is 7.81. The summed E-state index contributed by atoms with van der Waals surface area (Å²) in [5, 5.41) is 2.31. The maximum absolute atomic E-state index is 13.3. The lowest BCUT2D eigenvalue weighted by Gasteiger charge is -2.32. The molecule has 2 aliphatic rings. The Morgan fingerprint density at radius 3 is 2.35 bits per heavy atom. The molecule has 2 aliphatic carbocycles. The number of rotatable bonds is 6. The number of hydrogen-bond acceptors (Lipinski definition) is 6. The standard InChI is InChI=1S/C21H25F3N2O5/c1-4-30-17(28)15-14-11(10-20(25,19(14,15)3)18(29)31-5-2)16(27)26-13-9-7-6-8-12(13)21(22,23)24/h6-9,11,14-15H,4-5,10,25H2,1-3H3,(H,26,27)/t11-,14-,15-,19-,20-/m0/s1. The number of esters is 2. The van der Waals surface area contributed by atoms with Crippen molar-refractivity contribution in [3.63, 3.8) is 0 Å². The van der Waals surface area contributed by atoms with Crippen LogP contribution in [0.1, 0.15) is 32.8 Å². The van der Waals surface area contributed by atoms with Crippen molar-refractivity contribution in [1.29, 1.82) is 0 Å². The van der Waals surface area contributed by atoms with Gasteiger partial charge in [0.1, 0.15) is 5.54 Å². The number of ether oxygens (including phenoxy) is 2. The van der Waals surface area contributed by atoms with Gasteiger partial charge < -0.3 is 20.5 Å². The molecule has 170 valence electrons. The highest BCUT2D eigenvalue weighted by molar-refractivity contribution is 5.98. The number of carbonyl (C=O) groups excluding carboxylic acids is 3. The van der Waals surface area contributed by atoms with Crippen molar-refractivity contribution >= 4 is 23.5 Å². The summed E-state index contributed by atoms with van der Waals surface area (Å²) in [6.07, 6.45) is -4.81. The van der Waals surface area contributed by atoms with E-state index in [1.54, 1.807) is 20.8 Å². The van der Waals surface area contributed by atoms with Crippen LogP contribution < -0.4 is 11.1 Å². The van der Waals surface area contributed by atoms with Crippen molar-refractivity contribution < 1.29 is 37.0 Å². The van der Waals surface area contributed by atoms with Crippen molar-refractivity contribution in [2.75, 3.05) is 18.5 Å². The molecule has 3 rings (SSSR count). The highest BCUT2D eigenvalue weighted by Crippen LogP contribution is 2.74. The lowest BCUT2D eigenvalue weighted by Crippen LogP contribution is -2.56. The van der Waals surface area contributed by atoms with Gasteiger partial charge in [-0.15, -0.1) is 0 Å². The third-order valence-electron chi connectivity index (χ3n) is 6.53. The molecule has 0 aliphatic heterocycles. The van der Waals surface area contributed by atoms with Gasteiger partial charge in [0.2, 0.25) is 5.91 Å². The molecule has 3 N–H and O–H groups in total. The third-order valence-corrected chi connectivity index (χ3v) is 6.53. The second-order valence-electron chi connectivity index (χ2n) is 8.07. The number of para-hydroxylation sites is 1. The number of nitrogens with two attached hydrogens (primary N) is 1. The van der Waals surface area contributed by atoms with Gasteiger partial charge in [-0.1, -0.05) is 19.1 Å². The van der Waals surface area contributed by atoms with Gasteiger partial charge in [-0.2, -0.15) is 13.2 Å². The van der Waals surface area contributed by atoms with E-state index in [1.807, 2.05) is 0 Å². The molecule has 0 radical (unpaired) electrons. The van der Waals surface area contributed by atoms with E-state index in [9.17, 15) is 27.6 Å². The minimum atomic E-state index is -4.66. The van der Waals surface area contributed by atoms with Crippen molar-refractivity contribution in [3.8, 4) is 0 Å². The van der Waals surface area contributed by atoms with Crippen LogP contribution in [-0.2, 0) is 30.0 Å². The van der Waals surface area contributed by atoms with Gasteiger partial charge in [-0.05, 0) is 38.3 Å². The quantitative estimate of drug-likeness (QED) is 0.656. The van der Waals surface area contributed by atoms with Gasteiger partial charge in [0.15, 0.2) is 0 Å². The molecule has 1 aromatic rings. The van der Waals surface area contributed by atoms with E-state index in [0.29, 0.717) is 0 Å². The first-order valence-electron chi connectivity index (χ1n) is 10.0.